The summed E-state index contributed by atoms with van der Waals surface area (Å²) in [7, 11) is 0. The van der Waals surface area contributed by atoms with Crippen molar-refractivity contribution in [1.82, 2.24) is 0 Å². The molecule has 2 nitrogen and oxygen atoms in total. The molecule has 90 valence electrons. The topological polar surface area (TPSA) is 22.4 Å². The Bertz CT molecular complexity index is 673. The summed E-state index contributed by atoms with van der Waals surface area (Å²) >= 11 is 2.30. The van der Waals surface area contributed by atoms with E-state index in [0.29, 0.717) is 6.61 Å². The maximum atomic E-state index is 5.76. The van der Waals surface area contributed by atoms with Crippen molar-refractivity contribution in [2.24, 2.45) is 0 Å². The maximum Gasteiger partial charge on any atom is 0.137 e. The fourth-order valence-electron chi connectivity index (χ4n) is 1.82. The second-order valence-corrected chi connectivity index (χ2v) is 5.28. The summed E-state index contributed by atoms with van der Waals surface area (Å²) in [5.74, 6) is 0.830. The summed E-state index contributed by atoms with van der Waals surface area (Å²) in [5.41, 5.74) is 2.02. The molecule has 3 rings (SSSR count). The number of hydrogen-bond donors (Lipinski definition) is 0. The predicted octanol–water partition coefficient (Wildman–Crippen LogP) is 4.62. The minimum absolute atomic E-state index is 0.572. The maximum absolute atomic E-state index is 5.76. The van der Waals surface area contributed by atoms with Gasteiger partial charge in [0, 0.05) is 15.0 Å². The van der Waals surface area contributed by atoms with E-state index in [0.717, 1.165) is 16.7 Å². The van der Waals surface area contributed by atoms with Crippen molar-refractivity contribution >= 4 is 33.6 Å². The number of halogens is 1. The van der Waals surface area contributed by atoms with Crippen LogP contribution in [0.15, 0.2) is 59.2 Å². The van der Waals surface area contributed by atoms with Crippen LogP contribution < -0.4 is 4.74 Å². The lowest BCUT2D eigenvalue weighted by Crippen LogP contribution is -1.95. The molecule has 0 N–H and O–H groups in total. The van der Waals surface area contributed by atoms with Crippen molar-refractivity contribution < 1.29 is 9.15 Å². The molecule has 0 bridgehead atoms. The van der Waals surface area contributed by atoms with Gasteiger partial charge in [-0.2, -0.15) is 0 Å². The van der Waals surface area contributed by atoms with Gasteiger partial charge >= 0.3 is 0 Å². The molecule has 2 aromatic carbocycles. The van der Waals surface area contributed by atoms with Crippen LogP contribution in [0.5, 0.6) is 5.75 Å². The van der Waals surface area contributed by atoms with E-state index in [1.165, 1.54) is 9.13 Å². The molecule has 0 aliphatic rings. The third-order valence-corrected chi connectivity index (χ3v) is 3.39. The van der Waals surface area contributed by atoms with Crippen LogP contribution in [0.4, 0.5) is 0 Å². The lowest BCUT2D eigenvalue weighted by atomic mass is 10.2. The number of furan rings is 1. The van der Waals surface area contributed by atoms with Crippen LogP contribution in [0.3, 0.4) is 0 Å². The molecule has 0 aliphatic heterocycles. The second kappa shape index (κ2) is 5.02. The Morgan fingerprint density at radius 1 is 1.06 bits per heavy atom. The van der Waals surface area contributed by atoms with E-state index in [1.54, 1.807) is 6.26 Å². The van der Waals surface area contributed by atoms with Crippen molar-refractivity contribution in [3.8, 4) is 5.75 Å². The molecule has 3 aromatic rings. The van der Waals surface area contributed by atoms with Crippen LogP contribution in [-0.2, 0) is 6.61 Å². The highest BCUT2D eigenvalue weighted by Gasteiger charge is 2.01. The van der Waals surface area contributed by atoms with Crippen LogP contribution >= 0.6 is 22.6 Å². The molecule has 0 saturated carbocycles. The lowest BCUT2D eigenvalue weighted by Gasteiger charge is -2.06. The zero-order valence-corrected chi connectivity index (χ0v) is 11.8. The molecule has 1 heterocycles. The van der Waals surface area contributed by atoms with Gasteiger partial charge in [-0.15, -0.1) is 0 Å². The third-order valence-electron chi connectivity index (χ3n) is 2.72. The van der Waals surface area contributed by atoms with Crippen LogP contribution in [-0.4, -0.2) is 0 Å². The van der Waals surface area contributed by atoms with Crippen LogP contribution in [0, 0.1) is 3.57 Å². The van der Waals surface area contributed by atoms with E-state index in [2.05, 4.69) is 40.8 Å². The number of ether oxygens (including phenoxy) is 1. The van der Waals surface area contributed by atoms with Crippen molar-refractivity contribution in [1.29, 1.82) is 0 Å². The van der Waals surface area contributed by atoms with Crippen LogP contribution in [0.25, 0.3) is 11.0 Å². The highest BCUT2D eigenvalue weighted by atomic mass is 127. The van der Waals surface area contributed by atoms with Crippen molar-refractivity contribution in [2.75, 3.05) is 0 Å². The average molecular weight is 350 g/mol. The zero-order chi connectivity index (χ0) is 12.4. The van der Waals surface area contributed by atoms with E-state index < -0.39 is 0 Å². The van der Waals surface area contributed by atoms with Gasteiger partial charge in [0.15, 0.2) is 0 Å². The van der Waals surface area contributed by atoms with Gasteiger partial charge in [0.2, 0.25) is 0 Å². The Labute approximate surface area is 119 Å². The first-order valence-electron chi connectivity index (χ1n) is 5.66. The molecule has 0 unspecified atom stereocenters. The number of hydrogen-bond acceptors (Lipinski definition) is 2. The largest absolute Gasteiger partial charge is 0.489 e. The first-order valence-corrected chi connectivity index (χ1v) is 6.74. The Hall–Kier alpha value is -1.49. The summed E-state index contributed by atoms with van der Waals surface area (Å²) in [6.07, 6.45) is 1.69. The van der Waals surface area contributed by atoms with Gasteiger partial charge in [0.1, 0.15) is 17.9 Å². The van der Waals surface area contributed by atoms with Gasteiger partial charge in [-0.25, -0.2) is 0 Å². The molecule has 0 fully saturated rings. The molecule has 0 atom stereocenters. The van der Waals surface area contributed by atoms with E-state index in [-0.39, 0.29) is 0 Å². The molecule has 1 aromatic heterocycles. The number of fused-ring (bicyclic) bond motifs is 1. The molecule has 3 heteroatoms. The minimum Gasteiger partial charge on any atom is -0.489 e. The van der Waals surface area contributed by atoms with E-state index in [4.69, 9.17) is 9.15 Å². The summed E-state index contributed by atoms with van der Waals surface area (Å²) in [4.78, 5) is 0. The fraction of sp³-hybridized carbons (Fsp3) is 0.0667. The van der Waals surface area contributed by atoms with Gasteiger partial charge in [-0.1, -0.05) is 12.1 Å². The van der Waals surface area contributed by atoms with E-state index in [9.17, 15) is 0 Å². The van der Waals surface area contributed by atoms with Gasteiger partial charge in [-0.3, -0.25) is 0 Å². The number of rotatable bonds is 3. The molecule has 0 radical (unpaired) electrons. The molecule has 0 amide bonds. The summed E-state index contributed by atoms with van der Waals surface area (Å²) in [6.45, 7) is 0.572. The van der Waals surface area contributed by atoms with Crippen LogP contribution in [0.2, 0.25) is 0 Å². The Balaban J connectivity index is 1.76. The number of benzene rings is 2. The van der Waals surface area contributed by atoms with Crippen molar-refractivity contribution in [3.05, 3.63) is 63.9 Å². The highest BCUT2D eigenvalue weighted by molar-refractivity contribution is 14.1. The normalized spacial score (nSPS) is 10.7. The Morgan fingerprint density at radius 3 is 2.89 bits per heavy atom. The van der Waals surface area contributed by atoms with Gasteiger partial charge in [0.25, 0.3) is 0 Å². The van der Waals surface area contributed by atoms with Gasteiger partial charge in [-0.05, 0) is 58.5 Å². The second-order valence-electron chi connectivity index (χ2n) is 4.04. The molecule has 0 aliphatic carbocycles. The Morgan fingerprint density at radius 2 is 2.00 bits per heavy atom. The first-order chi connectivity index (χ1) is 8.81. The zero-order valence-electron chi connectivity index (χ0n) is 9.60. The lowest BCUT2D eigenvalue weighted by molar-refractivity contribution is 0.306. The third kappa shape index (κ3) is 2.51. The smallest absolute Gasteiger partial charge is 0.137 e. The summed E-state index contributed by atoms with van der Waals surface area (Å²) < 4.78 is 12.3. The molecular weight excluding hydrogens is 339 g/mol. The molecule has 0 spiro atoms. The summed E-state index contributed by atoms with van der Waals surface area (Å²) in [6, 6.07) is 16.1. The standard InChI is InChI=1S/C15H11IO2/c16-13-3-1-2-11(8-13)10-18-14-5-4-12-6-7-17-15(12)9-14/h1-9H,10H2. The van der Waals surface area contributed by atoms with E-state index in [1.807, 2.05) is 30.3 Å². The quantitative estimate of drug-likeness (QED) is 0.644. The monoisotopic (exact) mass is 350 g/mol. The highest BCUT2D eigenvalue weighted by Crippen LogP contribution is 2.22. The fourth-order valence-corrected chi connectivity index (χ4v) is 2.43. The molecule has 18 heavy (non-hydrogen) atoms. The van der Waals surface area contributed by atoms with Crippen LogP contribution in [0.1, 0.15) is 5.56 Å². The Kier molecular flexibility index (Phi) is 3.23. The van der Waals surface area contributed by atoms with Gasteiger partial charge in [0.05, 0.1) is 6.26 Å². The average Bonchev–Trinajstić information content (AvgIpc) is 2.84. The predicted molar refractivity (Wildman–Crippen MR) is 79.7 cm³/mol. The van der Waals surface area contributed by atoms with E-state index >= 15 is 0 Å². The summed E-state index contributed by atoms with van der Waals surface area (Å²) in [5, 5.41) is 1.09. The van der Waals surface area contributed by atoms with Crippen molar-refractivity contribution in [3.63, 3.8) is 0 Å². The minimum atomic E-state index is 0.572. The first kappa shape index (κ1) is 11.6. The SMILES string of the molecule is Ic1cccc(COc2ccc3ccoc3c2)c1. The molecular formula is C15H11IO2. The van der Waals surface area contributed by atoms with Crippen molar-refractivity contribution in [2.45, 2.75) is 6.61 Å². The van der Waals surface area contributed by atoms with Gasteiger partial charge < -0.3 is 9.15 Å². The molecule has 0 saturated heterocycles.